The minimum absolute atomic E-state index is 0.253. The Morgan fingerprint density at radius 3 is 2.84 bits per heavy atom. The second kappa shape index (κ2) is 5.52. The highest BCUT2D eigenvalue weighted by molar-refractivity contribution is 6.06. The molecule has 0 aliphatic heterocycles. The van der Waals surface area contributed by atoms with Crippen molar-refractivity contribution >= 4 is 23.0 Å². The average molecular weight is 255 g/mol. The zero-order valence-corrected chi connectivity index (χ0v) is 10.7. The zero-order chi connectivity index (χ0) is 13.8. The molecular formula is C15H17N3O. The summed E-state index contributed by atoms with van der Waals surface area (Å²) in [6.45, 7) is 3.41. The zero-order valence-electron chi connectivity index (χ0n) is 10.7. The summed E-state index contributed by atoms with van der Waals surface area (Å²) in [6, 6.07) is 7.33. The predicted molar refractivity (Wildman–Crippen MR) is 78.0 cm³/mol. The van der Waals surface area contributed by atoms with Crippen molar-refractivity contribution in [3.05, 3.63) is 48.1 Å². The molecule has 4 heteroatoms. The van der Waals surface area contributed by atoms with Gasteiger partial charge in [0, 0.05) is 17.1 Å². The number of anilines is 1. The molecule has 1 aliphatic rings. The van der Waals surface area contributed by atoms with Crippen molar-refractivity contribution in [2.24, 2.45) is 5.73 Å². The molecule has 1 aromatic carbocycles. The number of nitrogens with one attached hydrogen (secondary N) is 2. The van der Waals surface area contributed by atoms with Crippen LogP contribution in [0.5, 0.6) is 0 Å². The van der Waals surface area contributed by atoms with Crippen molar-refractivity contribution in [1.29, 1.82) is 5.41 Å². The molecule has 98 valence electrons. The van der Waals surface area contributed by atoms with Gasteiger partial charge in [-0.3, -0.25) is 4.79 Å². The Balaban J connectivity index is 2.30. The van der Waals surface area contributed by atoms with Gasteiger partial charge in [-0.2, -0.15) is 0 Å². The summed E-state index contributed by atoms with van der Waals surface area (Å²) >= 11 is 0. The van der Waals surface area contributed by atoms with Gasteiger partial charge in [0.1, 0.15) is 0 Å². The fourth-order valence-electron chi connectivity index (χ4n) is 2.17. The van der Waals surface area contributed by atoms with E-state index in [1.807, 2.05) is 18.2 Å². The average Bonchev–Trinajstić information content (AvgIpc) is 2.84. The molecule has 0 spiro atoms. The highest BCUT2D eigenvalue weighted by Crippen LogP contribution is 2.27. The van der Waals surface area contributed by atoms with Gasteiger partial charge in [0.05, 0.1) is 0 Å². The Kier molecular flexibility index (Phi) is 3.80. The minimum Gasteiger partial charge on any atom is -0.398 e. The number of nitrogens with two attached hydrogens (primary N) is 1. The van der Waals surface area contributed by atoms with Crippen LogP contribution in [0.15, 0.2) is 42.5 Å². The van der Waals surface area contributed by atoms with Crippen molar-refractivity contribution < 1.29 is 4.79 Å². The number of carbonyl (C=O) groups is 1. The molecule has 4 nitrogen and oxygen atoms in total. The van der Waals surface area contributed by atoms with Crippen LogP contribution >= 0.6 is 0 Å². The van der Waals surface area contributed by atoms with Crippen LogP contribution < -0.4 is 11.1 Å². The molecule has 0 unspecified atom stereocenters. The number of hydrogen-bond acceptors (Lipinski definition) is 3. The number of benzene rings is 1. The molecule has 0 bridgehead atoms. The fraction of sp³-hybridized carbons (Fsp3) is 0.200. The van der Waals surface area contributed by atoms with E-state index in [4.69, 9.17) is 11.1 Å². The van der Waals surface area contributed by atoms with Crippen LogP contribution in [0.4, 0.5) is 5.69 Å². The number of hydrogen-bond donors (Lipinski definition) is 3. The van der Waals surface area contributed by atoms with Gasteiger partial charge in [0.2, 0.25) is 5.91 Å². The maximum Gasteiger partial charge on any atom is 0.247 e. The van der Waals surface area contributed by atoms with Crippen molar-refractivity contribution in [1.82, 2.24) is 0 Å². The molecule has 1 fully saturated rings. The van der Waals surface area contributed by atoms with Crippen LogP contribution in [0.25, 0.3) is 5.70 Å². The van der Waals surface area contributed by atoms with Gasteiger partial charge in [0.25, 0.3) is 0 Å². The quantitative estimate of drug-likeness (QED) is 0.726. The first kappa shape index (κ1) is 13.1. The third-order valence-corrected chi connectivity index (χ3v) is 3.17. The van der Waals surface area contributed by atoms with Gasteiger partial charge in [-0.25, -0.2) is 0 Å². The summed E-state index contributed by atoms with van der Waals surface area (Å²) in [7, 11) is 0. The van der Waals surface area contributed by atoms with E-state index in [0.29, 0.717) is 17.1 Å². The summed E-state index contributed by atoms with van der Waals surface area (Å²) in [4.78, 5) is 11.3. The lowest BCUT2D eigenvalue weighted by atomic mass is 10.0. The Bertz CT molecular complexity index is 573. The first-order chi connectivity index (χ1) is 9.11. The normalized spacial score (nSPS) is 17.2. The number of carbonyl (C=O) groups excluding carboxylic acids is 1. The molecule has 0 saturated heterocycles. The molecule has 1 aliphatic carbocycles. The third kappa shape index (κ3) is 2.91. The predicted octanol–water partition coefficient (Wildman–Crippen LogP) is 2.68. The van der Waals surface area contributed by atoms with Crippen LogP contribution in [0.2, 0.25) is 0 Å². The SMILES string of the molecule is C=CC(=O)Nc1cccc(/C(N)=C2\CCCC2=N)c1. The maximum atomic E-state index is 11.3. The van der Waals surface area contributed by atoms with Gasteiger partial charge in [-0.1, -0.05) is 18.7 Å². The molecule has 0 radical (unpaired) electrons. The second-order valence-corrected chi connectivity index (χ2v) is 4.50. The van der Waals surface area contributed by atoms with Gasteiger partial charge < -0.3 is 16.5 Å². The largest absolute Gasteiger partial charge is 0.398 e. The van der Waals surface area contributed by atoms with E-state index >= 15 is 0 Å². The van der Waals surface area contributed by atoms with Crippen LogP contribution in [0.3, 0.4) is 0 Å². The van der Waals surface area contributed by atoms with E-state index in [1.165, 1.54) is 6.08 Å². The van der Waals surface area contributed by atoms with Gasteiger partial charge in [-0.15, -0.1) is 0 Å². The Morgan fingerprint density at radius 2 is 2.21 bits per heavy atom. The van der Waals surface area contributed by atoms with Gasteiger partial charge >= 0.3 is 0 Å². The molecule has 2 rings (SSSR count). The molecule has 0 heterocycles. The van der Waals surface area contributed by atoms with E-state index in [0.717, 1.165) is 30.4 Å². The van der Waals surface area contributed by atoms with E-state index in [9.17, 15) is 4.79 Å². The lowest BCUT2D eigenvalue weighted by molar-refractivity contribution is -0.111. The van der Waals surface area contributed by atoms with Crippen molar-refractivity contribution in [3.63, 3.8) is 0 Å². The first-order valence-electron chi connectivity index (χ1n) is 6.22. The van der Waals surface area contributed by atoms with Gasteiger partial charge in [-0.05, 0) is 48.6 Å². The molecular weight excluding hydrogens is 238 g/mol. The molecule has 0 aromatic heterocycles. The summed E-state index contributed by atoms with van der Waals surface area (Å²) in [5, 5.41) is 10.6. The summed E-state index contributed by atoms with van der Waals surface area (Å²) in [6.07, 6.45) is 3.86. The van der Waals surface area contributed by atoms with Crippen molar-refractivity contribution in [2.45, 2.75) is 19.3 Å². The molecule has 19 heavy (non-hydrogen) atoms. The lowest BCUT2D eigenvalue weighted by Crippen LogP contribution is -2.09. The Hall–Kier alpha value is -2.36. The summed E-state index contributed by atoms with van der Waals surface area (Å²) in [5.41, 5.74) is 9.82. The molecule has 0 atom stereocenters. The second-order valence-electron chi connectivity index (χ2n) is 4.50. The fourth-order valence-corrected chi connectivity index (χ4v) is 2.17. The maximum absolute atomic E-state index is 11.3. The van der Waals surface area contributed by atoms with E-state index in [2.05, 4.69) is 11.9 Å². The van der Waals surface area contributed by atoms with Crippen LogP contribution in [-0.2, 0) is 4.79 Å². The highest BCUT2D eigenvalue weighted by Gasteiger charge is 2.17. The van der Waals surface area contributed by atoms with E-state index in [1.54, 1.807) is 6.07 Å². The first-order valence-corrected chi connectivity index (χ1v) is 6.22. The lowest BCUT2D eigenvalue weighted by Gasteiger charge is -2.09. The smallest absolute Gasteiger partial charge is 0.247 e. The van der Waals surface area contributed by atoms with Crippen LogP contribution in [-0.4, -0.2) is 11.6 Å². The Morgan fingerprint density at radius 1 is 1.42 bits per heavy atom. The summed E-state index contributed by atoms with van der Waals surface area (Å²) < 4.78 is 0. The Labute approximate surface area is 112 Å². The molecule has 1 amide bonds. The number of allylic oxidation sites excluding steroid dienone is 1. The molecule has 4 N–H and O–H groups in total. The van der Waals surface area contributed by atoms with E-state index < -0.39 is 0 Å². The molecule has 1 aromatic rings. The van der Waals surface area contributed by atoms with Crippen molar-refractivity contribution in [2.75, 3.05) is 5.32 Å². The van der Waals surface area contributed by atoms with Crippen LogP contribution in [0, 0.1) is 5.41 Å². The topological polar surface area (TPSA) is 79.0 Å². The third-order valence-electron chi connectivity index (χ3n) is 3.17. The number of amides is 1. The summed E-state index contributed by atoms with van der Waals surface area (Å²) in [5.74, 6) is -0.253. The van der Waals surface area contributed by atoms with Gasteiger partial charge in [0.15, 0.2) is 0 Å². The van der Waals surface area contributed by atoms with Crippen molar-refractivity contribution in [3.8, 4) is 0 Å². The minimum atomic E-state index is -0.253. The van der Waals surface area contributed by atoms with Crippen LogP contribution in [0.1, 0.15) is 24.8 Å². The standard InChI is InChI=1S/C15H17N3O/c1-2-14(19)18-11-6-3-5-10(9-11)15(17)12-7-4-8-13(12)16/h2-3,5-6,9,16H,1,4,7-8,17H2,(H,18,19)/b15-12-,16-13?. The molecule has 1 saturated carbocycles. The number of rotatable bonds is 3. The van der Waals surface area contributed by atoms with E-state index in [-0.39, 0.29) is 5.91 Å². The highest BCUT2D eigenvalue weighted by atomic mass is 16.1. The monoisotopic (exact) mass is 255 g/mol.